The highest BCUT2D eigenvalue weighted by atomic mass is 16.6. The first kappa shape index (κ1) is 18.6. The number of aliphatic carboxylic acids is 1. The van der Waals surface area contributed by atoms with Crippen LogP contribution in [0.2, 0.25) is 0 Å². The number of epoxide rings is 3. The number of ether oxygens (including phenoxy) is 5. The van der Waals surface area contributed by atoms with Gasteiger partial charge in [0.1, 0.15) is 24.9 Å². The average molecular weight is 358 g/mol. The lowest BCUT2D eigenvalue weighted by molar-refractivity contribution is -0.160. The molecule has 8 nitrogen and oxygen atoms in total. The maximum Gasteiger partial charge on any atom is 0.309 e. The first-order chi connectivity index (χ1) is 12.1. The van der Waals surface area contributed by atoms with Gasteiger partial charge in [-0.25, -0.2) is 0 Å². The first-order valence-electron chi connectivity index (χ1n) is 8.95. The first-order valence-corrected chi connectivity index (χ1v) is 8.95. The lowest BCUT2D eigenvalue weighted by Gasteiger charge is -2.26. The summed E-state index contributed by atoms with van der Waals surface area (Å²) in [5.74, 6) is -2.29. The lowest BCUT2D eigenvalue weighted by atomic mass is 9.79. The molecule has 0 spiro atoms. The minimum atomic E-state index is -0.885. The van der Waals surface area contributed by atoms with Gasteiger partial charge in [-0.05, 0) is 12.8 Å². The van der Waals surface area contributed by atoms with Crippen LogP contribution in [0.3, 0.4) is 0 Å². The van der Waals surface area contributed by atoms with Crippen molar-refractivity contribution in [2.75, 3.05) is 39.6 Å². The molecule has 0 amide bonds. The minimum Gasteiger partial charge on any atom is -0.481 e. The highest BCUT2D eigenvalue weighted by Crippen LogP contribution is 2.31. The zero-order valence-corrected chi connectivity index (χ0v) is 14.3. The fourth-order valence-electron chi connectivity index (χ4n) is 2.81. The maximum absolute atomic E-state index is 11.7. The molecule has 0 radical (unpaired) electrons. The molecule has 4 fully saturated rings. The molecular weight excluding hydrogens is 332 g/mol. The van der Waals surface area contributed by atoms with E-state index in [1.165, 1.54) is 0 Å². The predicted octanol–water partition coefficient (Wildman–Crippen LogP) is 0.620. The number of rotatable bonds is 8. The van der Waals surface area contributed by atoms with Crippen LogP contribution >= 0.6 is 0 Å². The Balaban J connectivity index is 0.000000170. The quantitative estimate of drug-likeness (QED) is 0.497. The predicted molar refractivity (Wildman–Crippen MR) is 84.1 cm³/mol. The summed E-state index contributed by atoms with van der Waals surface area (Å²) in [7, 11) is 0. The Morgan fingerprint density at radius 3 is 1.80 bits per heavy atom. The van der Waals surface area contributed by atoms with Crippen molar-refractivity contribution in [3.05, 3.63) is 0 Å². The van der Waals surface area contributed by atoms with Gasteiger partial charge < -0.3 is 28.8 Å². The maximum atomic E-state index is 11.7. The van der Waals surface area contributed by atoms with Crippen molar-refractivity contribution in [1.82, 2.24) is 0 Å². The smallest absolute Gasteiger partial charge is 0.309 e. The van der Waals surface area contributed by atoms with Crippen LogP contribution in [-0.2, 0) is 33.3 Å². The number of hydrogen-bond acceptors (Lipinski definition) is 7. The number of carbonyl (C=O) groups excluding carboxylic acids is 1. The van der Waals surface area contributed by atoms with Crippen molar-refractivity contribution >= 4 is 11.9 Å². The van der Waals surface area contributed by atoms with Crippen molar-refractivity contribution in [1.29, 1.82) is 0 Å². The summed E-state index contributed by atoms with van der Waals surface area (Å²) in [6.07, 6.45) is 3.81. The third-order valence-electron chi connectivity index (χ3n) is 4.61. The fraction of sp³-hybridized carbons (Fsp3) is 0.882. The van der Waals surface area contributed by atoms with Crippen molar-refractivity contribution in [2.45, 2.75) is 44.0 Å². The van der Waals surface area contributed by atoms with Gasteiger partial charge in [-0.1, -0.05) is 12.8 Å². The van der Waals surface area contributed by atoms with Crippen LogP contribution in [0, 0.1) is 11.8 Å². The van der Waals surface area contributed by atoms with Crippen LogP contribution in [-0.4, -0.2) is 75.0 Å². The molecule has 25 heavy (non-hydrogen) atoms. The molecule has 0 bridgehead atoms. The molecule has 3 aliphatic heterocycles. The lowest BCUT2D eigenvalue weighted by Crippen LogP contribution is -2.34. The second-order valence-corrected chi connectivity index (χ2v) is 6.87. The van der Waals surface area contributed by atoms with Gasteiger partial charge in [0.15, 0.2) is 0 Å². The summed E-state index contributed by atoms with van der Waals surface area (Å²) in [6, 6.07) is 0. The number of carboxylic acids is 1. The molecule has 1 aliphatic carbocycles. The summed E-state index contributed by atoms with van der Waals surface area (Å²) in [4.78, 5) is 22.7. The molecule has 0 aromatic heterocycles. The molecule has 5 atom stereocenters. The van der Waals surface area contributed by atoms with Crippen molar-refractivity contribution < 1.29 is 38.4 Å². The van der Waals surface area contributed by atoms with E-state index in [2.05, 4.69) is 0 Å². The van der Waals surface area contributed by atoms with Crippen molar-refractivity contribution in [2.24, 2.45) is 11.8 Å². The van der Waals surface area contributed by atoms with Gasteiger partial charge in [0, 0.05) is 0 Å². The summed E-state index contributed by atoms with van der Waals surface area (Å²) in [5, 5.41) is 9.01. The molecule has 0 aromatic carbocycles. The highest BCUT2D eigenvalue weighted by molar-refractivity contribution is 5.81. The average Bonchev–Trinajstić information content (AvgIpc) is 3.48. The standard InChI is InChI=1S/C11H16O5.C6H10O3/c12-10(13)8-3-1-2-4-9(8)11(14)16-6-7-5-15-7;1(5-3-8-5)7-2-6-4-9-6/h7-9H,1-6H2,(H,12,13);5-6H,1-4H2. The number of carbonyl (C=O) groups is 2. The zero-order valence-electron chi connectivity index (χ0n) is 14.3. The zero-order chi connectivity index (χ0) is 17.6. The van der Waals surface area contributed by atoms with E-state index in [0.717, 1.165) is 39.3 Å². The minimum absolute atomic E-state index is 0.0378. The summed E-state index contributed by atoms with van der Waals surface area (Å²) in [6.45, 7) is 4.17. The molecule has 142 valence electrons. The molecular formula is C17H26O8. The van der Waals surface area contributed by atoms with E-state index in [4.69, 9.17) is 28.8 Å². The van der Waals surface area contributed by atoms with Gasteiger partial charge in [0.2, 0.25) is 0 Å². The molecule has 5 unspecified atom stereocenters. The van der Waals surface area contributed by atoms with Gasteiger partial charge in [0.05, 0.1) is 44.9 Å². The molecule has 0 aromatic rings. The third-order valence-corrected chi connectivity index (χ3v) is 4.61. The number of carboxylic acid groups (broad SMARTS) is 1. The monoisotopic (exact) mass is 358 g/mol. The highest BCUT2D eigenvalue weighted by Gasteiger charge is 2.37. The Bertz CT molecular complexity index is 444. The van der Waals surface area contributed by atoms with Crippen LogP contribution in [0.25, 0.3) is 0 Å². The summed E-state index contributed by atoms with van der Waals surface area (Å²) in [5.41, 5.74) is 0. The van der Waals surface area contributed by atoms with E-state index in [-0.39, 0.29) is 18.7 Å². The Morgan fingerprint density at radius 1 is 0.840 bits per heavy atom. The van der Waals surface area contributed by atoms with Crippen LogP contribution in [0.1, 0.15) is 25.7 Å². The largest absolute Gasteiger partial charge is 0.481 e. The van der Waals surface area contributed by atoms with Gasteiger partial charge in [-0.15, -0.1) is 0 Å². The Hall–Kier alpha value is -1.22. The van der Waals surface area contributed by atoms with Gasteiger partial charge in [-0.2, -0.15) is 0 Å². The molecule has 4 rings (SSSR count). The number of hydrogen-bond donors (Lipinski definition) is 1. The van der Waals surface area contributed by atoms with Gasteiger partial charge in [-0.3, -0.25) is 9.59 Å². The van der Waals surface area contributed by atoms with Crippen LogP contribution in [0.15, 0.2) is 0 Å². The van der Waals surface area contributed by atoms with Crippen LogP contribution in [0.5, 0.6) is 0 Å². The van der Waals surface area contributed by atoms with E-state index in [1.54, 1.807) is 0 Å². The second kappa shape index (κ2) is 8.93. The van der Waals surface area contributed by atoms with E-state index in [9.17, 15) is 9.59 Å². The molecule has 1 saturated carbocycles. The molecule has 8 heteroatoms. The van der Waals surface area contributed by atoms with Gasteiger partial charge >= 0.3 is 11.9 Å². The molecule has 3 saturated heterocycles. The van der Waals surface area contributed by atoms with E-state index < -0.39 is 17.8 Å². The van der Waals surface area contributed by atoms with Crippen molar-refractivity contribution in [3.8, 4) is 0 Å². The molecule has 3 heterocycles. The summed E-state index contributed by atoms with van der Waals surface area (Å²) >= 11 is 0. The Kier molecular flexibility index (Phi) is 6.63. The number of esters is 1. The Morgan fingerprint density at radius 2 is 1.32 bits per heavy atom. The van der Waals surface area contributed by atoms with Crippen LogP contribution < -0.4 is 0 Å². The third kappa shape index (κ3) is 6.89. The van der Waals surface area contributed by atoms with Crippen LogP contribution in [0.4, 0.5) is 0 Å². The Labute approximate surface area is 146 Å². The van der Waals surface area contributed by atoms with Gasteiger partial charge in [0.25, 0.3) is 0 Å². The SMILES string of the molecule is C(OCC1CO1)C1CO1.O=C(O)C1CCCCC1C(=O)OCC1CO1. The van der Waals surface area contributed by atoms with Crippen molar-refractivity contribution in [3.63, 3.8) is 0 Å². The van der Waals surface area contributed by atoms with E-state index >= 15 is 0 Å². The van der Waals surface area contributed by atoms with E-state index in [0.29, 0.717) is 31.7 Å². The normalized spacial score (nSPS) is 35.1. The second-order valence-electron chi connectivity index (χ2n) is 6.87. The van der Waals surface area contributed by atoms with E-state index in [1.807, 2.05) is 0 Å². The fourth-order valence-corrected chi connectivity index (χ4v) is 2.81. The molecule has 1 N–H and O–H groups in total. The summed E-state index contributed by atoms with van der Waals surface area (Å²) < 4.78 is 25.1. The molecule has 4 aliphatic rings. The topological polar surface area (TPSA) is 110 Å².